The largest absolute Gasteiger partial charge is 0.370 e. The number of amides is 1. The van der Waals surface area contributed by atoms with Gasteiger partial charge in [0.15, 0.2) is 0 Å². The Balaban J connectivity index is 1.87. The van der Waals surface area contributed by atoms with Crippen molar-refractivity contribution in [3.63, 3.8) is 0 Å². The molecular weight excluding hydrogens is 206 g/mol. The Hall–Kier alpha value is -0.650. The molecule has 0 spiro atoms. The SMILES string of the molecule is COC(CN)C(=O)NC1CN2CCC1CC2. The lowest BCUT2D eigenvalue weighted by Gasteiger charge is -2.45. The van der Waals surface area contributed by atoms with Crippen LogP contribution in [0.4, 0.5) is 0 Å². The average molecular weight is 227 g/mol. The molecule has 16 heavy (non-hydrogen) atoms. The predicted molar refractivity (Wildman–Crippen MR) is 60.9 cm³/mol. The fourth-order valence-electron chi connectivity index (χ4n) is 2.71. The van der Waals surface area contributed by atoms with Gasteiger partial charge in [-0.15, -0.1) is 0 Å². The molecule has 3 heterocycles. The van der Waals surface area contributed by atoms with Gasteiger partial charge in [-0.1, -0.05) is 0 Å². The number of piperidine rings is 3. The Morgan fingerprint density at radius 1 is 1.56 bits per heavy atom. The molecule has 2 bridgehead atoms. The highest BCUT2D eigenvalue weighted by atomic mass is 16.5. The van der Waals surface area contributed by atoms with E-state index in [2.05, 4.69) is 10.2 Å². The maximum absolute atomic E-state index is 11.8. The highest BCUT2D eigenvalue weighted by molar-refractivity contribution is 5.81. The maximum Gasteiger partial charge on any atom is 0.250 e. The van der Waals surface area contributed by atoms with E-state index in [1.807, 2.05) is 0 Å². The lowest BCUT2D eigenvalue weighted by Crippen LogP contribution is -2.59. The zero-order valence-electron chi connectivity index (χ0n) is 9.82. The lowest BCUT2D eigenvalue weighted by atomic mass is 9.84. The average Bonchev–Trinajstić information content (AvgIpc) is 2.32. The number of carbonyl (C=O) groups excluding carboxylic acids is 1. The summed E-state index contributed by atoms with van der Waals surface area (Å²) in [5.74, 6) is 0.577. The van der Waals surface area contributed by atoms with E-state index in [-0.39, 0.29) is 12.5 Å². The molecule has 0 aliphatic carbocycles. The fraction of sp³-hybridized carbons (Fsp3) is 0.909. The smallest absolute Gasteiger partial charge is 0.250 e. The normalized spacial score (nSPS) is 34.8. The Morgan fingerprint density at radius 3 is 2.69 bits per heavy atom. The Kier molecular flexibility index (Phi) is 3.78. The topological polar surface area (TPSA) is 67.6 Å². The van der Waals surface area contributed by atoms with Gasteiger partial charge in [0, 0.05) is 26.2 Å². The number of hydrogen-bond donors (Lipinski definition) is 2. The second-order valence-electron chi connectivity index (χ2n) is 4.71. The number of nitrogens with zero attached hydrogens (tertiary/aromatic N) is 1. The molecule has 0 aromatic rings. The molecule has 3 aliphatic heterocycles. The van der Waals surface area contributed by atoms with E-state index in [0.29, 0.717) is 12.0 Å². The number of rotatable bonds is 4. The quantitative estimate of drug-likeness (QED) is 0.658. The van der Waals surface area contributed by atoms with Crippen molar-refractivity contribution in [1.82, 2.24) is 10.2 Å². The Morgan fingerprint density at radius 2 is 2.25 bits per heavy atom. The van der Waals surface area contributed by atoms with Gasteiger partial charge in [0.1, 0.15) is 6.10 Å². The van der Waals surface area contributed by atoms with Crippen molar-refractivity contribution in [2.75, 3.05) is 33.3 Å². The minimum Gasteiger partial charge on any atom is -0.370 e. The first-order valence-electron chi connectivity index (χ1n) is 6.00. The summed E-state index contributed by atoms with van der Waals surface area (Å²) in [5.41, 5.74) is 5.47. The predicted octanol–water partition coefficient (Wildman–Crippen LogP) is -0.829. The summed E-state index contributed by atoms with van der Waals surface area (Å²) >= 11 is 0. The van der Waals surface area contributed by atoms with Gasteiger partial charge in [0.05, 0.1) is 0 Å². The molecule has 3 rings (SSSR count). The van der Waals surface area contributed by atoms with Gasteiger partial charge in [-0.2, -0.15) is 0 Å². The molecular formula is C11H21N3O2. The monoisotopic (exact) mass is 227 g/mol. The summed E-state index contributed by atoms with van der Waals surface area (Å²) in [6, 6.07) is 0.291. The van der Waals surface area contributed by atoms with Crippen LogP contribution in [0.5, 0.6) is 0 Å². The minimum atomic E-state index is -0.504. The summed E-state index contributed by atoms with van der Waals surface area (Å²) in [4.78, 5) is 14.2. The van der Waals surface area contributed by atoms with Crippen LogP contribution in [-0.4, -0.2) is 56.2 Å². The highest BCUT2D eigenvalue weighted by Gasteiger charge is 2.35. The van der Waals surface area contributed by atoms with E-state index in [0.717, 1.165) is 6.54 Å². The van der Waals surface area contributed by atoms with Crippen LogP contribution >= 0.6 is 0 Å². The van der Waals surface area contributed by atoms with Crippen LogP contribution in [0.25, 0.3) is 0 Å². The van der Waals surface area contributed by atoms with Crippen molar-refractivity contribution >= 4 is 5.91 Å². The molecule has 3 saturated heterocycles. The van der Waals surface area contributed by atoms with Gasteiger partial charge >= 0.3 is 0 Å². The molecule has 0 aromatic carbocycles. The van der Waals surface area contributed by atoms with Crippen molar-refractivity contribution in [1.29, 1.82) is 0 Å². The summed E-state index contributed by atoms with van der Waals surface area (Å²) in [6.07, 6.45) is 1.90. The third-order valence-electron chi connectivity index (χ3n) is 3.77. The van der Waals surface area contributed by atoms with Crippen LogP contribution in [0, 0.1) is 5.92 Å². The summed E-state index contributed by atoms with van der Waals surface area (Å²) in [6.45, 7) is 3.59. The first-order chi connectivity index (χ1) is 7.74. The summed E-state index contributed by atoms with van der Waals surface area (Å²) < 4.78 is 5.03. The van der Waals surface area contributed by atoms with Crippen LogP contribution in [0.2, 0.25) is 0 Å². The van der Waals surface area contributed by atoms with E-state index in [9.17, 15) is 4.79 Å². The van der Waals surface area contributed by atoms with Crippen LogP contribution in [0.1, 0.15) is 12.8 Å². The molecule has 1 amide bonds. The van der Waals surface area contributed by atoms with E-state index >= 15 is 0 Å². The number of nitrogens with two attached hydrogens (primary N) is 1. The second kappa shape index (κ2) is 5.12. The third kappa shape index (κ3) is 2.36. The van der Waals surface area contributed by atoms with Crippen LogP contribution < -0.4 is 11.1 Å². The van der Waals surface area contributed by atoms with Crippen molar-refractivity contribution in [3.05, 3.63) is 0 Å². The number of ether oxygens (including phenoxy) is 1. The Bertz CT molecular complexity index is 248. The molecule has 0 radical (unpaired) electrons. The molecule has 3 fully saturated rings. The molecule has 3 N–H and O–H groups in total. The van der Waals surface area contributed by atoms with E-state index in [1.165, 1.54) is 33.0 Å². The van der Waals surface area contributed by atoms with E-state index in [1.54, 1.807) is 0 Å². The van der Waals surface area contributed by atoms with Gasteiger partial charge in [0.25, 0.3) is 5.91 Å². The van der Waals surface area contributed by atoms with Crippen molar-refractivity contribution in [2.24, 2.45) is 11.7 Å². The van der Waals surface area contributed by atoms with Gasteiger partial charge in [0.2, 0.25) is 0 Å². The second-order valence-corrected chi connectivity index (χ2v) is 4.71. The number of carbonyl (C=O) groups is 1. The fourth-order valence-corrected chi connectivity index (χ4v) is 2.71. The molecule has 0 saturated carbocycles. The van der Waals surface area contributed by atoms with E-state index in [4.69, 9.17) is 10.5 Å². The van der Waals surface area contributed by atoms with Crippen LogP contribution in [0.15, 0.2) is 0 Å². The molecule has 5 nitrogen and oxygen atoms in total. The minimum absolute atomic E-state index is 0.0660. The van der Waals surface area contributed by atoms with E-state index < -0.39 is 6.10 Å². The van der Waals surface area contributed by atoms with Crippen LogP contribution in [0.3, 0.4) is 0 Å². The van der Waals surface area contributed by atoms with Crippen molar-refractivity contribution in [3.8, 4) is 0 Å². The number of fused-ring (bicyclic) bond motifs is 3. The van der Waals surface area contributed by atoms with Crippen molar-refractivity contribution in [2.45, 2.75) is 25.0 Å². The van der Waals surface area contributed by atoms with Gasteiger partial charge in [-0.3, -0.25) is 4.79 Å². The first-order valence-corrected chi connectivity index (χ1v) is 6.00. The van der Waals surface area contributed by atoms with Crippen molar-refractivity contribution < 1.29 is 9.53 Å². The van der Waals surface area contributed by atoms with Gasteiger partial charge < -0.3 is 20.7 Å². The number of hydrogen-bond acceptors (Lipinski definition) is 4. The molecule has 2 unspecified atom stereocenters. The summed E-state index contributed by atoms with van der Waals surface area (Å²) in [5, 5.41) is 3.07. The lowest BCUT2D eigenvalue weighted by molar-refractivity contribution is -0.132. The molecule has 92 valence electrons. The van der Waals surface area contributed by atoms with Crippen LogP contribution in [-0.2, 0) is 9.53 Å². The summed E-state index contributed by atoms with van der Waals surface area (Å²) in [7, 11) is 1.52. The molecule has 2 atom stereocenters. The van der Waals surface area contributed by atoms with Gasteiger partial charge in [-0.05, 0) is 31.8 Å². The highest BCUT2D eigenvalue weighted by Crippen LogP contribution is 2.27. The Labute approximate surface area is 96.3 Å². The number of nitrogens with one attached hydrogen (secondary N) is 1. The van der Waals surface area contributed by atoms with Gasteiger partial charge in [-0.25, -0.2) is 0 Å². The third-order valence-corrected chi connectivity index (χ3v) is 3.77. The standard InChI is InChI=1S/C11H21N3O2/c1-16-10(6-12)11(15)13-9-7-14-4-2-8(9)3-5-14/h8-10H,2-7,12H2,1H3,(H,13,15). The molecule has 0 aromatic heterocycles. The number of methoxy groups -OCH3 is 1. The molecule has 3 aliphatic rings. The zero-order chi connectivity index (χ0) is 11.5. The molecule has 5 heteroatoms. The zero-order valence-corrected chi connectivity index (χ0v) is 9.82. The maximum atomic E-state index is 11.8. The first kappa shape index (κ1) is 11.8.